The second-order valence-corrected chi connectivity index (χ2v) is 8.80. The lowest BCUT2D eigenvalue weighted by Crippen LogP contribution is -2.16. The van der Waals surface area contributed by atoms with Gasteiger partial charge in [0, 0.05) is 11.6 Å². The minimum absolute atomic E-state index is 0.191. The Morgan fingerprint density at radius 3 is 2.58 bits per heavy atom. The van der Waals surface area contributed by atoms with Crippen LogP contribution >= 0.6 is 11.3 Å². The van der Waals surface area contributed by atoms with Crippen molar-refractivity contribution in [2.24, 2.45) is 0 Å². The Hall–Kier alpha value is -2.52. The third-order valence-electron chi connectivity index (χ3n) is 4.02. The molecule has 1 aromatic carbocycles. The van der Waals surface area contributed by atoms with Gasteiger partial charge in [0.25, 0.3) is 10.0 Å². The highest BCUT2D eigenvalue weighted by Gasteiger charge is 2.21. The molecule has 3 aromatic rings. The normalized spacial score (nSPS) is 13.6. The van der Waals surface area contributed by atoms with Crippen molar-refractivity contribution in [2.75, 3.05) is 17.9 Å². The maximum atomic E-state index is 12.7. The molecule has 1 N–H and O–H groups in total. The second kappa shape index (κ2) is 6.33. The highest BCUT2D eigenvalue weighted by atomic mass is 32.2. The predicted molar refractivity (Wildman–Crippen MR) is 97.5 cm³/mol. The highest BCUT2D eigenvalue weighted by Crippen LogP contribution is 2.36. The maximum absolute atomic E-state index is 12.7. The molecular weight excluding hydrogens is 376 g/mol. The Morgan fingerprint density at radius 2 is 1.85 bits per heavy atom. The zero-order chi connectivity index (χ0) is 18.3. The van der Waals surface area contributed by atoms with Crippen molar-refractivity contribution >= 4 is 27.0 Å². The van der Waals surface area contributed by atoms with Gasteiger partial charge in [-0.1, -0.05) is 5.16 Å². The standard InChI is InChI=1S/C17H16N2O5S2/c1-10-11(2)18-24-17(10)15-5-6-16(25-15)26(20,21)19-12-3-4-13-14(9-12)23-8-7-22-13/h3-6,9,19H,7-8H2,1-2H3. The first-order valence-electron chi connectivity index (χ1n) is 7.89. The van der Waals surface area contributed by atoms with E-state index < -0.39 is 10.0 Å². The Bertz CT molecular complexity index is 1070. The van der Waals surface area contributed by atoms with E-state index in [1.54, 1.807) is 30.3 Å². The van der Waals surface area contributed by atoms with Crippen LogP contribution in [0.4, 0.5) is 5.69 Å². The number of aromatic nitrogens is 1. The number of ether oxygens (including phenoxy) is 2. The van der Waals surface area contributed by atoms with E-state index in [1.165, 1.54) is 0 Å². The second-order valence-electron chi connectivity index (χ2n) is 5.80. The van der Waals surface area contributed by atoms with Crippen LogP contribution in [0.3, 0.4) is 0 Å². The number of anilines is 1. The Kier molecular flexibility index (Phi) is 4.12. The number of sulfonamides is 1. The van der Waals surface area contributed by atoms with Crippen molar-refractivity contribution < 1.29 is 22.4 Å². The number of aryl methyl sites for hydroxylation is 1. The molecule has 0 saturated heterocycles. The zero-order valence-electron chi connectivity index (χ0n) is 14.1. The van der Waals surface area contributed by atoms with Gasteiger partial charge in [-0.3, -0.25) is 4.72 Å². The van der Waals surface area contributed by atoms with E-state index in [4.69, 9.17) is 14.0 Å². The van der Waals surface area contributed by atoms with Gasteiger partial charge in [-0.05, 0) is 38.1 Å². The smallest absolute Gasteiger partial charge is 0.271 e. The largest absolute Gasteiger partial charge is 0.486 e. The van der Waals surface area contributed by atoms with E-state index in [-0.39, 0.29) is 4.21 Å². The first-order valence-corrected chi connectivity index (χ1v) is 10.2. The number of hydrogen-bond acceptors (Lipinski definition) is 7. The SMILES string of the molecule is Cc1noc(-c2ccc(S(=O)(=O)Nc3ccc4c(c3)OCCO4)s2)c1C. The fraction of sp³-hybridized carbons (Fsp3) is 0.235. The lowest BCUT2D eigenvalue weighted by molar-refractivity contribution is 0.171. The molecule has 3 heterocycles. The van der Waals surface area contributed by atoms with Crippen molar-refractivity contribution in [3.8, 4) is 22.1 Å². The van der Waals surface area contributed by atoms with Crippen LogP contribution in [0, 0.1) is 13.8 Å². The Balaban J connectivity index is 1.60. The molecule has 0 spiro atoms. The van der Waals surface area contributed by atoms with Crippen LogP contribution in [0.5, 0.6) is 11.5 Å². The van der Waals surface area contributed by atoms with Crippen molar-refractivity contribution in [3.05, 3.63) is 41.6 Å². The third kappa shape index (κ3) is 3.04. The number of hydrogen-bond donors (Lipinski definition) is 1. The average molecular weight is 392 g/mol. The Labute approximate surface area is 154 Å². The number of thiophene rings is 1. The van der Waals surface area contributed by atoms with Gasteiger partial charge in [0.15, 0.2) is 17.3 Å². The van der Waals surface area contributed by atoms with Gasteiger partial charge in [0.2, 0.25) is 0 Å². The van der Waals surface area contributed by atoms with Gasteiger partial charge in [-0.25, -0.2) is 8.42 Å². The fourth-order valence-electron chi connectivity index (χ4n) is 2.54. The quantitative estimate of drug-likeness (QED) is 0.730. The highest BCUT2D eigenvalue weighted by molar-refractivity contribution is 7.94. The monoisotopic (exact) mass is 392 g/mol. The molecule has 0 radical (unpaired) electrons. The third-order valence-corrected chi connectivity index (χ3v) is 6.98. The summed E-state index contributed by atoms with van der Waals surface area (Å²) < 4.78 is 44.4. The van der Waals surface area contributed by atoms with Gasteiger partial charge >= 0.3 is 0 Å². The molecule has 0 amide bonds. The number of benzene rings is 1. The van der Waals surface area contributed by atoms with Crippen LogP contribution in [0.25, 0.3) is 10.6 Å². The topological polar surface area (TPSA) is 90.7 Å². The molecule has 0 aliphatic carbocycles. The maximum Gasteiger partial charge on any atom is 0.271 e. The summed E-state index contributed by atoms with van der Waals surface area (Å²) >= 11 is 1.13. The van der Waals surface area contributed by atoms with Gasteiger partial charge < -0.3 is 14.0 Å². The van der Waals surface area contributed by atoms with E-state index in [2.05, 4.69) is 9.88 Å². The van der Waals surface area contributed by atoms with Crippen LogP contribution in [-0.4, -0.2) is 26.8 Å². The van der Waals surface area contributed by atoms with E-state index in [0.29, 0.717) is 41.0 Å². The molecule has 1 aliphatic heterocycles. The van der Waals surface area contributed by atoms with E-state index >= 15 is 0 Å². The summed E-state index contributed by atoms with van der Waals surface area (Å²) in [5.41, 5.74) is 2.10. The van der Waals surface area contributed by atoms with Crippen molar-refractivity contribution in [2.45, 2.75) is 18.1 Å². The number of fused-ring (bicyclic) bond motifs is 1. The van der Waals surface area contributed by atoms with Crippen LogP contribution in [0.15, 0.2) is 39.1 Å². The molecule has 0 saturated carbocycles. The summed E-state index contributed by atoms with van der Waals surface area (Å²) in [6.45, 7) is 4.66. The van der Waals surface area contributed by atoms with E-state index in [1.807, 2.05) is 13.8 Å². The molecule has 0 atom stereocenters. The van der Waals surface area contributed by atoms with Crippen LogP contribution < -0.4 is 14.2 Å². The first-order chi connectivity index (χ1) is 12.4. The van der Waals surface area contributed by atoms with Gasteiger partial charge in [-0.15, -0.1) is 11.3 Å². The number of nitrogens with zero attached hydrogens (tertiary/aromatic N) is 1. The van der Waals surface area contributed by atoms with Gasteiger partial charge in [-0.2, -0.15) is 0 Å². The molecule has 9 heteroatoms. The van der Waals surface area contributed by atoms with Crippen molar-refractivity contribution in [3.63, 3.8) is 0 Å². The molecular formula is C17H16N2O5S2. The number of rotatable bonds is 4. The first kappa shape index (κ1) is 16.9. The van der Waals surface area contributed by atoms with Crippen molar-refractivity contribution in [1.82, 2.24) is 5.16 Å². The summed E-state index contributed by atoms with van der Waals surface area (Å²) in [6, 6.07) is 8.22. The Morgan fingerprint density at radius 1 is 1.08 bits per heavy atom. The molecule has 0 unspecified atom stereocenters. The van der Waals surface area contributed by atoms with Gasteiger partial charge in [0.05, 0.1) is 16.3 Å². The van der Waals surface area contributed by atoms with Gasteiger partial charge in [0.1, 0.15) is 17.4 Å². The predicted octanol–water partition coefficient (Wildman–Crippen LogP) is 3.59. The summed E-state index contributed by atoms with van der Waals surface area (Å²) in [5, 5.41) is 3.91. The van der Waals surface area contributed by atoms with Crippen LogP contribution in [-0.2, 0) is 10.0 Å². The molecule has 2 aromatic heterocycles. The summed E-state index contributed by atoms with van der Waals surface area (Å²) in [4.78, 5) is 0.714. The summed E-state index contributed by atoms with van der Waals surface area (Å²) in [6.07, 6.45) is 0. The minimum Gasteiger partial charge on any atom is -0.486 e. The van der Waals surface area contributed by atoms with E-state index in [9.17, 15) is 8.42 Å². The molecule has 4 rings (SSSR count). The van der Waals surface area contributed by atoms with E-state index in [0.717, 1.165) is 22.6 Å². The molecule has 26 heavy (non-hydrogen) atoms. The lowest BCUT2D eigenvalue weighted by Gasteiger charge is -2.19. The van der Waals surface area contributed by atoms with Crippen molar-refractivity contribution in [1.29, 1.82) is 0 Å². The molecule has 7 nitrogen and oxygen atoms in total. The lowest BCUT2D eigenvalue weighted by atomic mass is 10.2. The molecule has 0 fully saturated rings. The molecule has 0 bridgehead atoms. The molecule has 1 aliphatic rings. The van der Waals surface area contributed by atoms with Crippen LogP contribution in [0.2, 0.25) is 0 Å². The average Bonchev–Trinajstić information content (AvgIpc) is 3.23. The van der Waals surface area contributed by atoms with Crippen LogP contribution in [0.1, 0.15) is 11.3 Å². The zero-order valence-corrected chi connectivity index (χ0v) is 15.7. The fourth-order valence-corrected chi connectivity index (χ4v) is 4.93. The number of nitrogens with one attached hydrogen (secondary N) is 1. The summed E-state index contributed by atoms with van der Waals surface area (Å²) in [5.74, 6) is 1.72. The summed E-state index contributed by atoms with van der Waals surface area (Å²) in [7, 11) is -3.72. The molecule has 136 valence electrons. The minimum atomic E-state index is -3.72.